The number of carbonyl (C=O) groups excluding carboxylic acids is 2. The van der Waals surface area contributed by atoms with Crippen molar-refractivity contribution in [2.24, 2.45) is 5.92 Å². The van der Waals surface area contributed by atoms with Gasteiger partial charge in [-0.2, -0.15) is 9.57 Å². The number of amides is 2. The molecular formula is C25H30N4O4S. The Balaban J connectivity index is 1.42. The molecule has 0 spiro atoms. The van der Waals surface area contributed by atoms with E-state index in [1.165, 1.54) is 4.31 Å². The number of nitrogens with one attached hydrogen (secondary N) is 1. The smallest absolute Gasteiger partial charge is 0.243 e. The maximum Gasteiger partial charge on any atom is 0.243 e. The van der Waals surface area contributed by atoms with Gasteiger partial charge >= 0.3 is 0 Å². The minimum absolute atomic E-state index is 0.0555. The molecule has 3 rings (SSSR count). The van der Waals surface area contributed by atoms with Gasteiger partial charge in [-0.3, -0.25) is 9.59 Å². The molecule has 9 heteroatoms. The van der Waals surface area contributed by atoms with Crippen LogP contribution in [-0.4, -0.2) is 50.7 Å². The second-order valence-electron chi connectivity index (χ2n) is 8.25. The average Bonchev–Trinajstić information content (AvgIpc) is 2.88. The quantitative estimate of drug-likeness (QED) is 0.560. The summed E-state index contributed by atoms with van der Waals surface area (Å²) in [6, 6.07) is 19.6. The van der Waals surface area contributed by atoms with Crippen LogP contribution >= 0.6 is 0 Å². The topological polar surface area (TPSA) is 111 Å². The van der Waals surface area contributed by atoms with Gasteiger partial charge in [-0.25, -0.2) is 8.42 Å². The molecule has 1 fully saturated rings. The van der Waals surface area contributed by atoms with Crippen LogP contribution in [0.4, 0.5) is 5.69 Å². The highest BCUT2D eigenvalue weighted by Crippen LogP contribution is 2.23. The molecule has 1 aliphatic rings. The van der Waals surface area contributed by atoms with Crippen molar-refractivity contribution in [2.45, 2.75) is 37.0 Å². The lowest BCUT2D eigenvalue weighted by molar-refractivity contribution is -0.125. The first-order chi connectivity index (χ1) is 16.4. The molecule has 2 aromatic carbocycles. The zero-order valence-corrected chi connectivity index (χ0v) is 19.9. The highest BCUT2D eigenvalue weighted by atomic mass is 32.2. The van der Waals surface area contributed by atoms with Gasteiger partial charge in [0.15, 0.2) is 0 Å². The predicted octanol–water partition coefficient (Wildman–Crippen LogP) is 2.93. The van der Waals surface area contributed by atoms with E-state index in [2.05, 4.69) is 11.4 Å². The van der Waals surface area contributed by atoms with Crippen molar-refractivity contribution >= 4 is 27.5 Å². The van der Waals surface area contributed by atoms with Crippen LogP contribution in [0.2, 0.25) is 0 Å². The second kappa shape index (κ2) is 12.3. The van der Waals surface area contributed by atoms with Gasteiger partial charge < -0.3 is 10.2 Å². The van der Waals surface area contributed by atoms with E-state index in [1.54, 1.807) is 47.4 Å². The van der Waals surface area contributed by atoms with Crippen LogP contribution in [0.5, 0.6) is 0 Å². The van der Waals surface area contributed by atoms with Gasteiger partial charge in [-0.05, 0) is 43.0 Å². The average molecular weight is 483 g/mol. The molecule has 2 amide bonds. The third-order valence-electron chi connectivity index (χ3n) is 5.92. The fraction of sp³-hybridized carbons (Fsp3) is 0.400. The molecule has 8 nitrogen and oxygen atoms in total. The fourth-order valence-electron chi connectivity index (χ4n) is 3.96. The van der Waals surface area contributed by atoms with E-state index in [9.17, 15) is 18.0 Å². The van der Waals surface area contributed by atoms with E-state index < -0.39 is 10.0 Å². The number of benzene rings is 2. The predicted molar refractivity (Wildman–Crippen MR) is 129 cm³/mol. The maximum atomic E-state index is 12.7. The van der Waals surface area contributed by atoms with Crippen LogP contribution in [0, 0.1) is 17.2 Å². The fourth-order valence-corrected chi connectivity index (χ4v) is 5.46. The van der Waals surface area contributed by atoms with Gasteiger partial charge in [-0.15, -0.1) is 0 Å². The maximum absolute atomic E-state index is 12.7. The van der Waals surface area contributed by atoms with E-state index in [4.69, 9.17) is 5.26 Å². The summed E-state index contributed by atoms with van der Waals surface area (Å²) in [7, 11) is -3.49. The third-order valence-corrected chi connectivity index (χ3v) is 7.84. The van der Waals surface area contributed by atoms with Crippen molar-refractivity contribution < 1.29 is 18.0 Å². The zero-order valence-electron chi connectivity index (χ0n) is 19.1. The van der Waals surface area contributed by atoms with Gasteiger partial charge in [0, 0.05) is 44.7 Å². The summed E-state index contributed by atoms with van der Waals surface area (Å²) in [5.41, 5.74) is 0.709. The number of nitrogens with zero attached hydrogens (tertiary/aromatic N) is 3. The Morgan fingerprint density at radius 3 is 2.24 bits per heavy atom. The van der Waals surface area contributed by atoms with Crippen LogP contribution in [0.3, 0.4) is 0 Å². The lowest BCUT2D eigenvalue weighted by Gasteiger charge is -2.31. The van der Waals surface area contributed by atoms with Gasteiger partial charge in [0.1, 0.15) is 0 Å². The van der Waals surface area contributed by atoms with Crippen molar-refractivity contribution in [1.82, 2.24) is 9.62 Å². The van der Waals surface area contributed by atoms with E-state index in [-0.39, 0.29) is 43.5 Å². The first kappa shape index (κ1) is 25.4. The summed E-state index contributed by atoms with van der Waals surface area (Å²) in [6.45, 7) is 1.58. The molecule has 0 bridgehead atoms. The zero-order chi connectivity index (χ0) is 24.4. The SMILES string of the molecule is N#CCCN(C(=O)CCC(=O)NCC1CCN(S(=O)(=O)c2ccccc2)CC1)c1ccccc1. The summed E-state index contributed by atoms with van der Waals surface area (Å²) >= 11 is 0. The summed E-state index contributed by atoms with van der Waals surface area (Å²) < 4.78 is 27.0. The second-order valence-corrected chi connectivity index (χ2v) is 10.2. The summed E-state index contributed by atoms with van der Waals surface area (Å²) in [6.07, 6.45) is 1.67. The third kappa shape index (κ3) is 6.89. The van der Waals surface area contributed by atoms with E-state index >= 15 is 0 Å². The number of piperidine rings is 1. The van der Waals surface area contributed by atoms with Crippen molar-refractivity contribution in [2.75, 3.05) is 31.1 Å². The summed E-state index contributed by atoms with van der Waals surface area (Å²) in [4.78, 5) is 26.9. The van der Waals surface area contributed by atoms with E-state index in [0.717, 1.165) is 0 Å². The molecule has 1 aliphatic heterocycles. The number of sulfonamides is 1. The molecule has 34 heavy (non-hydrogen) atoms. The number of hydrogen-bond acceptors (Lipinski definition) is 5. The Labute approximate surface area is 201 Å². The Kier molecular flexibility index (Phi) is 9.19. The van der Waals surface area contributed by atoms with Gasteiger partial charge in [0.25, 0.3) is 0 Å². The Bertz CT molecular complexity index is 1090. The van der Waals surface area contributed by atoms with Crippen molar-refractivity contribution in [1.29, 1.82) is 5.26 Å². The standard InChI is InChI=1S/C25H30N4O4S/c26-16-7-17-29(22-8-3-1-4-9-22)25(31)13-12-24(30)27-20-21-14-18-28(19-15-21)34(32,33)23-10-5-2-6-11-23/h1-6,8-11,21H,7,12-15,17-20H2,(H,27,30). The molecule has 0 atom stereocenters. The summed E-state index contributed by atoms with van der Waals surface area (Å²) in [5.74, 6) is -0.213. The van der Waals surface area contributed by atoms with Crippen LogP contribution in [0.1, 0.15) is 32.1 Å². The number of rotatable bonds is 10. The van der Waals surface area contributed by atoms with Crippen molar-refractivity contribution in [3.8, 4) is 6.07 Å². The lowest BCUT2D eigenvalue weighted by atomic mass is 9.98. The lowest BCUT2D eigenvalue weighted by Crippen LogP contribution is -2.41. The monoisotopic (exact) mass is 482 g/mol. The molecule has 2 aromatic rings. The van der Waals surface area contributed by atoms with Gasteiger partial charge in [0.2, 0.25) is 21.8 Å². The normalized spacial score (nSPS) is 14.8. The van der Waals surface area contributed by atoms with E-state index in [1.807, 2.05) is 18.2 Å². The molecular weight excluding hydrogens is 452 g/mol. The number of para-hydroxylation sites is 1. The minimum Gasteiger partial charge on any atom is -0.356 e. The molecule has 0 radical (unpaired) electrons. The van der Waals surface area contributed by atoms with Gasteiger partial charge in [0.05, 0.1) is 17.4 Å². The highest BCUT2D eigenvalue weighted by molar-refractivity contribution is 7.89. The number of carbonyl (C=O) groups is 2. The number of nitriles is 1. The summed E-state index contributed by atoms with van der Waals surface area (Å²) in [5, 5.41) is 11.8. The van der Waals surface area contributed by atoms with Gasteiger partial charge in [-0.1, -0.05) is 36.4 Å². The molecule has 0 saturated carbocycles. The molecule has 1 saturated heterocycles. The van der Waals surface area contributed by atoms with E-state index in [0.29, 0.717) is 43.1 Å². The Morgan fingerprint density at radius 2 is 1.62 bits per heavy atom. The first-order valence-corrected chi connectivity index (χ1v) is 12.9. The van der Waals surface area contributed by atoms with Crippen LogP contribution in [0.25, 0.3) is 0 Å². The Hall–Kier alpha value is -3.22. The number of hydrogen-bond donors (Lipinski definition) is 1. The molecule has 1 N–H and O–H groups in total. The Morgan fingerprint density at radius 1 is 1.00 bits per heavy atom. The van der Waals surface area contributed by atoms with Crippen LogP contribution in [0.15, 0.2) is 65.6 Å². The van der Waals surface area contributed by atoms with Crippen LogP contribution < -0.4 is 10.2 Å². The highest BCUT2D eigenvalue weighted by Gasteiger charge is 2.29. The molecule has 1 heterocycles. The largest absolute Gasteiger partial charge is 0.356 e. The van der Waals surface area contributed by atoms with Crippen LogP contribution in [-0.2, 0) is 19.6 Å². The molecule has 0 aromatic heterocycles. The molecule has 180 valence electrons. The number of anilines is 1. The van der Waals surface area contributed by atoms with Crippen molar-refractivity contribution in [3.05, 3.63) is 60.7 Å². The minimum atomic E-state index is -3.49. The molecule has 0 unspecified atom stereocenters. The molecule has 0 aliphatic carbocycles. The first-order valence-electron chi connectivity index (χ1n) is 11.5. The van der Waals surface area contributed by atoms with Crippen molar-refractivity contribution in [3.63, 3.8) is 0 Å².